The van der Waals surface area contributed by atoms with Gasteiger partial charge in [0.25, 0.3) is 0 Å². The number of aromatic nitrogens is 2. The Kier molecular flexibility index (Phi) is 7.33. The normalized spacial score (nSPS) is 11.5. The lowest BCUT2D eigenvalue weighted by Gasteiger charge is -2.21. The standard InChI is InChI=1S/C19H29N5/c1-4-5-14-23(3)19(20-2)22-12-11-18-21-13-15-24(18)16-17-9-7-6-8-10-17/h6-10,13,15H,4-5,11-12,14,16H2,1-3H3,(H,20,22). The van der Waals surface area contributed by atoms with Gasteiger partial charge in [-0.05, 0) is 12.0 Å². The monoisotopic (exact) mass is 327 g/mol. The van der Waals surface area contributed by atoms with Gasteiger partial charge in [0.05, 0.1) is 0 Å². The Hall–Kier alpha value is -2.30. The van der Waals surface area contributed by atoms with Crippen LogP contribution in [0.4, 0.5) is 0 Å². The summed E-state index contributed by atoms with van der Waals surface area (Å²) in [6.45, 7) is 4.92. The van der Waals surface area contributed by atoms with Crippen molar-refractivity contribution in [2.45, 2.75) is 32.7 Å². The van der Waals surface area contributed by atoms with Crippen LogP contribution < -0.4 is 5.32 Å². The number of hydrogen-bond donors (Lipinski definition) is 1. The van der Waals surface area contributed by atoms with Crippen LogP contribution in [0.3, 0.4) is 0 Å². The van der Waals surface area contributed by atoms with Gasteiger partial charge in [0, 0.05) is 52.5 Å². The SMILES string of the molecule is CCCCN(C)C(=NC)NCCc1nccn1Cc1ccccc1. The van der Waals surface area contributed by atoms with Gasteiger partial charge >= 0.3 is 0 Å². The summed E-state index contributed by atoms with van der Waals surface area (Å²) in [7, 11) is 3.92. The number of unbranched alkanes of at least 4 members (excludes halogenated alkanes) is 1. The molecule has 0 unspecified atom stereocenters. The predicted molar refractivity (Wildman–Crippen MR) is 100 cm³/mol. The van der Waals surface area contributed by atoms with Gasteiger partial charge in [0.15, 0.2) is 5.96 Å². The van der Waals surface area contributed by atoms with Crippen LogP contribution in [0.5, 0.6) is 0 Å². The predicted octanol–water partition coefficient (Wildman–Crippen LogP) is 2.78. The Morgan fingerprint density at radius 1 is 1.29 bits per heavy atom. The number of rotatable bonds is 8. The van der Waals surface area contributed by atoms with Crippen LogP contribution >= 0.6 is 0 Å². The lowest BCUT2D eigenvalue weighted by Crippen LogP contribution is -2.40. The molecule has 2 rings (SSSR count). The summed E-state index contributed by atoms with van der Waals surface area (Å²) in [6, 6.07) is 10.5. The van der Waals surface area contributed by atoms with Gasteiger partial charge in [-0.1, -0.05) is 43.7 Å². The van der Waals surface area contributed by atoms with E-state index in [4.69, 9.17) is 0 Å². The molecule has 0 aliphatic heterocycles. The summed E-state index contributed by atoms with van der Waals surface area (Å²) in [4.78, 5) is 11.0. The highest BCUT2D eigenvalue weighted by Gasteiger charge is 2.07. The van der Waals surface area contributed by atoms with E-state index in [0.717, 1.165) is 37.8 Å². The molecule has 130 valence electrons. The molecule has 0 fully saturated rings. The van der Waals surface area contributed by atoms with Crippen LogP contribution in [0, 0.1) is 0 Å². The fraction of sp³-hybridized carbons (Fsp3) is 0.474. The maximum Gasteiger partial charge on any atom is 0.193 e. The topological polar surface area (TPSA) is 45.4 Å². The highest BCUT2D eigenvalue weighted by Crippen LogP contribution is 2.06. The average Bonchev–Trinajstić information content (AvgIpc) is 3.04. The van der Waals surface area contributed by atoms with Crippen molar-refractivity contribution in [1.29, 1.82) is 0 Å². The van der Waals surface area contributed by atoms with Crippen molar-refractivity contribution in [3.8, 4) is 0 Å². The molecule has 1 N–H and O–H groups in total. The van der Waals surface area contributed by atoms with Gasteiger partial charge in [0.1, 0.15) is 5.82 Å². The van der Waals surface area contributed by atoms with Gasteiger partial charge in [-0.15, -0.1) is 0 Å². The van der Waals surface area contributed by atoms with Crippen molar-refractivity contribution in [3.05, 3.63) is 54.1 Å². The number of nitrogens with zero attached hydrogens (tertiary/aromatic N) is 4. The molecule has 1 aromatic heterocycles. The first-order chi connectivity index (χ1) is 11.7. The zero-order valence-corrected chi connectivity index (χ0v) is 15.1. The molecule has 0 aliphatic carbocycles. The van der Waals surface area contributed by atoms with Gasteiger partial charge in [-0.25, -0.2) is 4.98 Å². The Labute approximate surface area is 145 Å². The lowest BCUT2D eigenvalue weighted by atomic mass is 10.2. The molecule has 1 heterocycles. The zero-order valence-electron chi connectivity index (χ0n) is 15.1. The third-order valence-electron chi connectivity index (χ3n) is 4.05. The number of hydrogen-bond acceptors (Lipinski definition) is 2. The molecule has 1 aromatic carbocycles. The van der Waals surface area contributed by atoms with Crippen LogP contribution in [-0.2, 0) is 13.0 Å². The first kappa shape index (κ1) is 18.0. The van der Waals surface area contributed by atoms with Gasteiger partial charge in [-0.3, -0.25) is 4.99 Å². The van der Waals surface area contributed by atoms with E-state index in [1.54, 1.807) is 0 Å². The second-order valence-corrected chi connectivity index (χ2v) is 5.96. The zero-order chi connectivity index (χ0) is 17.2. The maximum atomic E-state index is 4.50. The third kappa shape index (κ3) is 5.41. The molecule has 0 bridgehead atoms. The second kappa shape index (κ2) is 9.75. The summed E-state index contributed by atoms with van der Waals surface area (Å²) >= 11 is 0. The summed E-state index contributed by atoms with van der Waals surface area (Å²) in [5, 5.41) is 3.43. The molecule has 0 radical (unpaired) electrons. The van der Waals surface area contributed by atoms with E-state index in [0.29, 0.717) is 0 Å². The summed E-state index contributed by atoms with van der Waals surface area (Å²) in [5.41, 5.74) is 1.29. The molecule has 0 spiro atoms. The largest absolute Gasteiger partial charge is 0.356 e. The molecule has 2 aromatic rings. The fourth-order valence-electron chi connectivity index (χ4n) is 2.66. The number of imidazole rings is 1. The van der Waals surface area contributed by atoms with Crippen molar-refractivity contribution in [2.75, 3.05) is 27.2 Å². The number of nitrogens with one attached hydrogen (secondary N) is 1. The Balaban J connectivity index is 1.85. The van der Waals surface area contributed by atoms with E-state index < -0.39 is 0 Å². The quantitative estimate of drug-likeness (QED) is 0.599. The minimum absolute atomic E-state index is 0.828. The van der Waals surface area contributed by atoms with Crippen molar-refractivity contribution in [3.63, 3.8) is 0 Å². The van der Waals surface area contributed by atoms with Gasteiger partial charge in [0.2, 0.25) is 0 Å². The van der Waals surface area contributed by atoms with E-state index >= 15 is 0 Å². The molecule has 0 saturated heterocycles. The first-order valence-electron chi connectivity index (χ1n) is 8.70. The second-order valence-electron chi connectivity index (χ2n) is 5.96. The molecule has 0 saturated carbocycles. The third-order valence-corrected chi connectivity index (χ3v) is 4.05. The molecule has 5 nitrogen and oxygen atoms in total. The van der Waals surface area contributed by atoms with Crippen LogP contribution in [-0.4, -0.2) is 47.6 Å². The van der Waals surface area contributed by atoms with Gasteiger partial charge < -0.3 is 14.8 Å². The molecular weight excluding hydrogens is 298 g/mol. The highest BCUT2D eigenvalue weighted by molar-refractivity contribution is 5.79. The van der Waals surface area contributed by atoms with Crippen molar-refractivity contribution in [1.82, 2.24) is 19.8 Å². The molecule has 5 heteroatoms. The van der Waals surface area contributed by atoms with Crippen molar-refractivity contribution < 1.29 is 0 Å². The smallest absolute Gasteiger partial charge is 0.193 e. The summed E-state index contributed by atoms with van der Waals surface area (Å²) in [6.07, 6.45) is 7.17. The van der Waals surface area contributed by atoms with E-state index in [1.807, 2.05) is 25.5 Å². The molecule has 24 heavy (non-hydrogen) atoms. The van der Waals surface area contributed by atoms with E-state index in [1.165, 1.54) is 18.4 Å². The number of benzene rings is 1. The van der Waals surface area contributed by atoms with E-state index in [-0.39, 0.29) is 0 Å². The van der Waals surface area contributed by atoms with Crippen LogP contribution in [0.1, 0.15) is 31.2 Å². The first-order valence-corrected chi connectivity index (χ1v) is 8.70. The van der Waals surface area contributed by atoms with Crippen LogP contribution in [0.25, 0.3) is 0 Å². The van der Waals surface area contributed by atoms with E-state index in [9.17, 15) is 0 Å². The number of aliphatic imine (C=N–C) groups is 1. The molecule has 0 atom stereocenters. The summed E-state index contributed by atoms with van der Waals surface area (Å²) in [5.74, 6) is 2.04. The Morgan fingerprint density at radius 2 is 2.08 bits per heavy atom. The fourth-order valence-corrected chi connectivity index (χ4v) is 2.66. The van der Waals surface area contributed by atoms with Crippen LogP contribution in [0.15, 0.2) is 47.7 Å². The lowest BCUT2D eigenvalue weighted by molar-refractivity contribution is 0.464. The average molecular weight is 327 g/mol. The Bertz CT molecular complexity index is 618. The minimum Gasteiger partial charge on any atom is -0.356 e. The van der Waals surface area contributed by atoms with Crippen LogP contribution in [0.2, 0.25) is 0 Å². The van der Waals surface area contributed by atoms with E-state index in [2.05, 4.69) is 63.0 Å². The van der Waals surface area contributed by atoms with Gasteiger partial charge in [-0.2, -0.15) is 0 Å². The highest BCUT2D eigenvalue weighted by atomic mass is 15.3. The Morgan fingerprint density at radius 3 is 2.79 bits per heavy atom. The molecular formula is C19H29N5. The maximum absolute atomic E-state index is 4.50. The molecule has 0 amide bonds. The molecule has 0 aliphatic rings. The van der Waals surface area contributed by atoms with Crippen molar-refractivity contribution in [2.24, 2.45) is 4.99 Å². The minimum atomic E-state index is 0.828. The number of guanidine groups is 1. The van der Waals surface area contributed by atoms with Crippen molar-refractivity contribution >= 4 is 5.96 Å². The summed E-state index contributed by atoms with van der Waals surface area (Å²) < 4.78 is 2.21.